The molecule has 0 bridgehead atoms. The van der Waals surface area contributed by atoms with Crippen LogP contribution in [0.1, 0.15) is 12.2 Å². The minimum absolute atomic E-state index is 0.848. The van der Waals surface area contributed by atoms with Crippen LogP contribution in [0, 0.1) is 0 Å². The summed E-state index contributed by atoms with van der Waals surface area (Å²) in [6, 6.07) is 4.11. The van der Waals surface area contributed by atoms with Crippen molar-refractivity contribution < 1.29 is 0 Å². The van der Waals surface area contributed by atoms with E-state index in [1.54, 1.807) is 11.3 Å². The number of nitrogens with one attached hydrogen (secondary N) is 1. The third-order valence-electron chi connectivity index (χ3n) is 3.39. The summed E-state index contributed by atoms with van der Waals surface area (Å²) in [4.78, 5) is 8.26. The van der Waals surface area contributed by atoms with Crippen molar-refractivity contribution in [2.75, 3.05) is 26.2 Å². The lowest BCUT2D eigenvalue weighted by molar-refractivity contribution is 0.273. The summed E-state index contributed by atoms with van der Waals surface area (Å²) in [5.74, 6) is 1.89. The second-order valence-electron chi connectivity index (χ2n) is 4.83. The first-order valence-electron chi connectivity index (χ1n) is 6.70. The van der Waals surface area contributed by atoms with Gasteiger partial charge in [-0.1, -0.05) is 6.07 Å². The van der Waals surface area contributed by atoms with E-state index in [-0.39, 0.29) is 0 Å². The Morgan fingerprint density at radius 1 is 1.37 bits per heavy atom. The third kappa shape index (κ3) is 3.02. The molecular weight excluding hydrogens is 258 g/mol. The second-order valence-corrected chi connectivity index (χ2v) is 5.78. The molecule has 1 aliphatic rings. The van der Waals surface area contributed by atoms with Crippen molar-refractivity contribution in [2.24, 2.45) is 7.05 Å². The molecule has 2 aromatic heterocycles. The lowest BCUT2D eigenvalue weighted by Gasteiger charge is -2.18. The van der Waals surface area contributed by atoms with Crippen LogP contribution in [0.4, 0.5) is 0 Å². The zero-order valence-corrected chi connectivity index (χ0v) is 12.0. The van der Waals surface area contributed by atoms with E-state index in [1.165, 1.54) is 6.42 Å². The van der Waals surface area contributed by atoms with Gasteiger partial charge in [0.25, 0.3) is 0 Å². The highest BCUT2D eigenvalue weighted by Gasteiger charge is 2.14. The Balaban J connectivity index is 1.74. The number of nitrogens with zero attached hydrogens (tertiary/aromatic N) is 4. The van der Waals surface area contributed by atoms with Gasteiger partial charge in [0.1, 0.15) is 5.82 Å². The number of rotatable bonds is 3. The Morgan fingerprint density at radius 2 is 2.32 bits per heavy atom. The quantitative estimate of drug-likeness (QED) is 0.919. The molecule has 1 fully saturated rings. The van der Waals surface area contributed by atoms with Crippen LogP contribution in [-0.4, -0.2) is 45.8 Å². The molecule has 0 amide bonds. The molecule has 0 atom stereocenters. The molecule has 0 aliphatic carbocycles. The molecule has 5 nitrogen and oxygen atoms in total. The van der Waals surface area contributed by atoms with Gasteiger partial charge in [-0.25, -0.2) is 4.98 Å². The summed E-state index contributed by atoms with van der Waals surface area (Å²) in [6.45, 7) is 5.29. The van der Waals surface area contributed by atoms with Gasteiger partial charge in [-0.3, -0.25) is 9.58 Å². The predicted molar refractivity (Wildman–Crippen MR) is 77.1 cm³/mol. The Bertz CT molecular complexity index is 511. The predicted octanol–water partition coefficient (Wildman–Crippen LogP) is 1.34. The first-order chi connectivity index (χ1) is 9.33. The van der Waals surface area contributed by atoms with E-state index in [9.17, 15) is 0 Å². The summed E-state index contributed by atoms with van der Waals surface area (Å²) >= 11 is 1.69. The fourth-order valence-corrected chi connectivity index (χ4v) is 2.98. The lowest BCUT2D eigenvalue weighted by atomic mass is 10.4. The second kappa shape index (κ2) is 5.81. The third-order valence-corrected chi connectivity index (χ3v) is 4.26. The Labute approximate surface area is 117 Å². The molecule has 2 aromatic rings. The van der Waals surface area contributed by atoms with Crippen LogP contribution in [0.25, 0.3) is 10.7 Å². The highest BCUT2D eigenvalue weighted by molar-refractivity contribution is 7.13. The monoisotopic (exact) mass is 277 g/mol. The van der Waals surface area contributed by atoms with Gasteiger partial charge in [-0.2, -0.15) is 5.10 Å². The van der Waals surface area contributed by atoms with Crippen LogP contribution in [0.2, 0.25) is 0 Å². The lowest BCUT2D eigenvalue weighted by Crippen LogP contribution is -2.28. The van der Waals surface area contributed by atoms with Crippen LogP contribution in [0.15, 0.2) is 17.5 Å². The maximum Gasteiger partial charge on any atom is 0.191 e. The number of aromatic nitrogens is 3. The van der Waals surface area contributed by atoms with E-state index in [0.29, 0.717) is 0 Å². The molecule has 1 saturated heterocycles. The molecule has 3 rings (SSSR count). The van der Waals surface area contributed by atoms with Crippen LogP contribution in [0.5, 0.6) is 0 Å². The van der Waals surface area contributed by atoms with Gasteiger partial charge >= 0.3 is 0 Å². The van der Waals surface area contributed by atoms with Gasteiger partial charge < -0.3 is 5.32 Å². The number of aryl methyl sites for hydroxylation is 1. The summed E-state index contributed by atoms with van der Waals surface area (Å²) in [5.41, 5.74) is 0. The molecular formula is C13H19N5S. The van der Waals surface area contributed by atoms with Crippen molar-refractivity contribution >= 4 is 11.3 Å². The Kier molecular flexibility index (Phi) is 3.91. The van der Waals surface area contributed by atoms with Gasteiger partial charge in [0.05, 0.1) is 11.4 Å². The first-order valence-corrected chi connectivity index (χ1v) is 7.58. The summed E-state index contributed by atoms with van der Waals surface area (Å²) in [5, 5.41) is 10.00. The molecule has 0 saturated carbocycles. The average Bonchev–Trinajstić information content (AvgIpc) is 2.96. The fraction of sp³-hybridized carbons (Fsp3) is 0.538. The fourth-order valence-electron chi connectivity index (χ4n) is 2.32. The van der Waals surface area contributed by atoms with E-state index < -0.39 is 0 Å². The van der Waals surface area contributed by atoms with Crippen LogP contribution >= 0.6 is 11.3 Å². The van der Waals surface area contributed by atoms with Gasteiger partial charge in [0, 0.05) is 20.1 Å². The van der Waals surface area contributed by atoms with Crippen LogP contribution < -0.4 is 5.32 Å². The van der Waals surface area contributed by atoms with Crippen LogP contribution in [0.3, 0.4) is 0 Å². The average molecular weight is 277 g/mol. The smallest absolute Gasteiger partial charge is 0.191 e. The highest BCUT2D eigenvalue weighted by Crippen LogP contribution is 2.21. The van der Waals surface area contributed by atoms with Gasteiger partial charge in [0.2, 0.25) is 0 Å². The van der Waals surface area contributed by atoms with Crippen molar-refractivity contribution in [2.45, 2.75) is 13.0 Å². The topological polar surface area (TPSA) is 46.0 Å². The van der Waals surface area contributed by atoms with Gasteiger partial charge in [-0.05, 0) is 31.0 Å². The van der Waals surface area contributed by atoms with Crippen molar-refractivity contribution in [1.29, 1.82) is 0 Å². The summed E-state index contributed by atoms with van der Waals surface area (Å²) in [6.07, 6.45) is 1.20. The molecule has 0 radical (unpaired) electrons. The van der Waals surface area contributed by atoms with E-state index in [4.69, 9.17) is 0 Å². The number of hydrogen-bond acceptors (Lipinski definition) is 5. The molecule has 102 valence electrons. The van der Waals surface area contributed by atoms with Gasteiger partial charge in [-0.15, -0.1) is 11.3 Å². The molecule has 6 heteroatoms. The molecule has 0 aromatic carbocycles. The van der Waals surface area contributed by atoms with E-state index >= 15 is 0 Å². The zero-order valence-electron chi connectivity index (χ0n) is 11.2. The highest BCUT2D eigenvalue weighted by atomic mass is 32.1. The maximum atomic E-state index is 4.68. The van der Waals surface area contributed by atoms with E-state index in [0.717, 1.165) is 49.2 Å². The number of hydrogen-bond donors (Lipinski definition) is 1. The molecule has 1 aliphatic heterocycles. The SMILES string of the molecule is Cn1nc(-c2cccs2)nc1CN1CCCNCC1. The maximum absolute atomic E-state index is 4.68. The van der Waals surface area contributed by atoms with Gasteiger partial charge in [0.15, 0.2) is 5.82 Å². The normalized spacial score (nSPS) is 17.5. The summed E-state index contributed by atoms with van der Waals surface area (Å²) < 4.78 is 1.91. The van der Waals surface area contributed by atoms with Crippen molar-refractivity contribution in [3.05, 3.63) is 23.3 Å². The molecule has 0 spiro atoms. The van der Waals surface area contributed by atoms with Crippen molar-refractivity contribution in [3.63, 3.8) is 0 Å². The minimum atomic E-state index is 0.848. The molecule has 1 N–H and O–H groups in total. The zero-order chi connectivity index (χ0) is 13.1. The summed E-state index contributed by atoms with van der Waals surface area (Å²) in [7, 11) is 1.98. The van der Waals surface area contributed by atoms with E-state index in [2.05, 4.69) is 31.7 Å². The van der Waals surface area contributed by atoms with E-state index in [1.807, 2.05) is 17.8 Å². The Morgan fingerprint density at radius 3 is 3.16 bits per heavy atom. The van der Waals surface area contributed by atoms with Crippen molar-refractivity contribution in [3.8, 4) is 10.7 Å². The molecule has 3 heterocycles. The van der Waals surface area contributed by atoms with Crippen molar-refractivity contribution in [1.82, 2.24) is 25.0 Å². The Hall–Kier alpha value is -1.24. The first kappa shape index (κ1) is 12.8. The van der Waals surface area contributed by atoms with Crippen LogP contribution in [-0.2, 0) is 13.6 Å². The standard InChI is InChI=1S/C13H19N5S/c1-17-12(10-18-7-3-5-14-6-8-18)15-13(16-17)11-4-2-9-19-11/h2,4,9,14H,3,5-8,10H2,1H3. The number of thiophene rings is 1. The molecule has 19 heavy (non-hydrogen) atoms. The minimum Gasteiger partial charge on any atom is -0.315 e. The molecule has 0 unspecified atom stereocenters. The largest absolute Gasteiger partial charge is 0.315 e.